The van der Waals surface area contributed by atoms with Gasteiger partial charge in [-0.2, -0.15) is 26.3 Å². The first kappa shape index (κ1) is 24.5. The van der Waals surface area contributed by atoms with Gasteiger partial charge in [0, 0.05) is 6.42 Å². The fourth-order valence-corrected chi connectivity index (χ4v) is 2.15. The maximum Gasteiger partial charge on any atom is 0.410 e. The summed E-state index contributed by atoms with van der Waals surface area (Å²) in [6.07, 6.45) is 11.2. The molecule has 0 spiro atoms. The van der Waals surface area contributed by atoms with E-state index in [1.165, 1.54) is 6.42 Å². The van der Waals surface area contributed by atoms with Gasteiger partial charge in [-0.1, -0.05) is 44.1 Å². The molecule has 0 aliphatic rings. The van der Waals surface area contributed by atoms with Crippen molar-refractivity contribution in [2.75, 3.05) is 0 Å². The van der Waals surface area contributed by atoms with Crippen molar-refractivity contribution >= 4 is 5.97 Å². The fourth-order valence-electron chi connectivity index (χ4n) is 2.15. The molecule has 0 aromatic heterocycles. The molecule has 0 bridgehead atoms. The normalized spacial score (nSPS) is 13.8. The van der Waals surface area contributed by atoms with Crippen molar-refractivity contribution < 1.29 is 36.2 Å². The van der Waals surface area contributed by atoms with Crippen LogP contribution in [-0.2, 0) is 4.79 Å². The van der Waals surface area contributed by atoms with Gasteiger partial charge in [0.25, 0.3) is 0 Å². The smallest absolute Gasteiger partial charge is 0.410 e. The molecular formula is C18H26F6O2. The van der Waals surface area contributed by atoms with Gasteiger partial charge in [-0.3, -0.25) is 0 Å². The van der Waals surface area contributed by atoms with Crippen LogP contribution in [0.2, 0.25) is 0 Å². The molecule has 0 unspecified atom stereocenters. The van der Waals surface area contributed by atoms with Crippen molar-refractivity contribution in [1.29, 1.82) is 0 Å². The summed E-state index contributed by atoms with van der Waals surface area (Å²) < 4.78 is 78.6. The first-order chi connectivity index (χ1) is 12.0. The number of allylic oxidation sites excluding steroid dienone is 4. The second-order valence-corrected chi connectivity index (χ2v) is 6.08. The van der Waals surface area contributed by atoms with Gasteiger partial charge in [0.1, 0.15) is 0 Å². The molecule has 0 atom stereocenters. The van der Waals surface area contributed by atoms with Gasteiger partial charge < -0.3 is 5.11 Å². The molecule has 0 amide bonds. The van der Waals surface area contributed by atoms with Crippen LogP contribution in [0.4, 0.5) is 26.3 Å². The summed E-state index contributed by atoms with van der Waals surface area (Å²) in [5.41, 5.74) is 0. The molecule has 0 aliphatic carbocycles. The molecular weight excluding hydrogens is 362 g/mol. The fraction of sp³-hybridized carbons (Fsp3) is 0.722. The average molecular weight is 388 g/mol. The quantitative estimate of drug-likeness (QED) is 0.206. The van der Waals surface area contributed by atoms with Crippen LogP contribution >= 0.6 is 0 Å². The monoisotopic (exact) mass is 388 g/mol. The molecule has 0 aliphatic heterocycles. The topological polar surface area (TPSA) is 37.3 Å². The Bertz CT molecular complexity index is 472. The number of alkyl halides is 6. The van der Waals surface area contributed by atoms with Gasteiger partial charge in [-0.05, 0) is 38.5 Å². The lowest BCUT2D eigenvalue weighted by atomic mass is 9.98. The molecule has 0 radical (unpaired) electrons. The zero-order chi connectivity index (χ0) is 20.3. The number of hydrogen-bond acceptors (Lipinski definition) is 1. The summed E-state index contributed by atoms with van der Waals surface area (Å²) in [7, 11) is 0. The summed E-state index contributed by atoms with van der Waals surface area (Å²) >= 11 is 0. The van der Waals surface area contributed by atoms with Crippen molar-refractivity contribution in [3.8, 4) is 0 Å². The summed E-state index contributed by atoms with van der Waals surface area (Å²) in [5.74, 6) is -20.1. The zero-order valence-electron chi connectivity index (χ0n) is 14.8. The van der Waals surface area contributed by atoms with E-state index in [1.807, 2.05) is 18.2 Å². The number of unbranched alkanes of at least 4 members (excludes halogenated alkanes) is 5. The van der Waals surface area contributed by atoms with Crippen molar-refractivity contribution in [3.05, 3.63) is 24.3 Å². The summed E-state index contributed by atoms with van der Waals surface area (Å²) in [6.45, 7) is 2.11. The molecule has 8 heteroatoms. The SMILES string of the molecule is CCCCC/C=C\C/C=C\CCCCC(F)(F)C(F)(F)C(F)(F)C(=O)O. The van der Waals surface area contributed by atoms with E-state index >= 15 is 0 Å². The molecule has 152 valence electrons. The minimum atomic E-state index is -5.94. The molecule has 0 saturated heterocycles. The van der Waals surface area contributed by atoms with Gasteiger partial charge in [-0.25, -0.2) is 4.79 Å². The highest BCUT2D eigenvalue weighted by atomic mass is 19.3. The van der Waals surface area contributed by atoms with E-state index in [4.69, 9.17) is 5.11 Å². The first-order valence-electron chi connectivity index (χ1n) is 8.67. The van der Waals surface area contributed by atoms with Crippen LogP contribution in [0.1, 0.15) is 64.7 Å². The minimum absolute atomic E-state index is 0.112. The van der Waals surface area contributed by atoms with Crippen molar-refractivity contribution in [1.82, 2.24) is 0 Å². The predicted octanol–water partition coefficient (Wildman–Crippen LogP) is 6.62. The Labute approximate surface area is 150 Å². The second kappa shape index (κ2) is 11.3. The van der Waals surface area contributed by atoms with E-state index in [0.29, 0.717) is 12.8 Å². The van der Waals surface area contributed by atoms with Gasteiger partial charge in [0.2, 0.25) is 0 Å². The Morgan fingerprint density at radius 1 is 0.846 bits per heavy atom. The van der Waals surface area contributed by atoms with Crippen LogP contribution in [-0.4, -0.2) is 28.8 Å². The molecule has 0 saturated carbocycles. The Balaban J connectivity index is 4.16. The lowest BCUT2D eigenvalue weighted by Gasteiger charge is -2.30. The van der Waals surface area contributed by atoms with Gasteiger partial charge in [0.15, 0.2) is 0 Å². The standard InChI is InChI=1S/C18H26F6O2/c1-2-3-4-5-6-7-8-9-10-11-12-13-14-16(19,20)18(23,24)17(21,22)15(25)26/h6-7,9-10H,2-5,8,11-14H2,1H3,(H,25,26)/b7-6-,10-9-. The number of rotatable bonds is 14. The molecule has 2 nitrogen and oxygen atoms in total. The van der Waals surface area contributed by atoms with Crippen LogP contribution in [0.3, 0.4) is 0 Å². The summed E-state index contributed by atoms with van der Waals surface area (Å²) in [5, 5.41) is 8.03. The highest BCUT2D eigenvalue weighted by Crippen LogP contribution is 2.48. The Hall–Kier alpha value is -1.47. The van der Waals surface area contributed by atoms with E-state index < -0.39 is 36.6 Å². The largest absolute Gasteiger partial charge is 0.477 e. The lowest BCUT2D eigenvalue weighted by Crippen LogP contribution is -2.57. The molecule has 1 N–H and O–H groups in total. The van der Waals surface area contributed by atoms with Gasteiger partial charge in [-0.15, -0.1) is 0 Å². The number of hydrogen-bond donors (Lipinski definition) is 1. The molecule has 0 aromatic rings. The Morgan fingerprint density at radius 3 is 1.81 bits per heavy atom. The molecule has 0 aromatic carbocycles. The summed E-state index contributed by atoms with van der Waals surface area (Å²) in [6, 6.07) is 0. The van der Waals surface area contributed by atoms with Crippen molar-refractivity contribution in [3.63, 3.8) is 0 Å². The van der Waals surface area contributed by atoms with Gasteiger partial charge in [0.05, 0.1) is 0 Å². The van der Waals surface area contributed by atoms with Crippen molar-refractivity contribution in [2.24, 2.45) is 0 Å². The molecule has 0 fully saturated rings. The third-order valence-corrected chi connectivity index (χ3v) is 3.81. The maximum atomic E-state index is 13.3. The highest BCUT2D eigenvalue weighted by Gasteiger charge is 2.74. The van der Waals surface area contributed by atoms with Crippen molar-refractivity contribution in [2.45, 2.75) is 82.5 Å². The third kappa shape index (κ3) is 7.41. The van der Waals surface area contributed by atoms with Crippen LogP contribution in [0.25, 0.3) is 0 Å². The number of carbonyl (C=O) groups is 1. The van der Waals surface area contributed by atoms with E-state index in [1.54, 1.807) is 6.08 Å². The zero-order valence-corrected chi connectivity index (χ0v) is 14.8. The van der Waals surface area contributed by atoms with Crippen LogP contribution in [0, 0.1) is 0 Å². The molecule has 0 heterocycles. The summed E-state index contributed by atoms with van der Waals surface area (Å²) in [4.78, 5) is 10.1. The van der Waals surface area contributed by atoms with Crippen LogP contribution in [0.15, 0.2) is 24.3 Å². The number of carboxylic acid groups (broad SMARTS) is 1. The Kier molecular flexibility index (Phi) is 10.6. The van der Waals surface area contributed by atoms with Crippen LogP contribution < -0.4 is 0 Å². The molecule has 0 rings (SSSR count). The number of carboxylic acids is 1. The van der Waals surface area contributed by atoms with E-state index in [-0.39, 0.29) is 6.42 Å². The number of halogens is 6. The Morgan fingerprint density at radius 2 is 1.35 bits per heavy atom. The predicted molar refractivity (Wildman–Crippen MR) is 88.0 cm³/mol. The average Bonchev–Trinajstić information content (AvgIpc) is 2.55. The first-order valence-corrected chi connectivity index (χ1v) is 8.67. The number of aliphatic carboxylic acids is 1. The minimum Gasteiger partial charge on any atom is -0.477 e. The molecule has 26 heavy (non-hydrogen) atoms. The lowest BCUT2D eigenvalue weighted by molar-refractivity contribution is -0.305. The van der Waals surface area contributed by atoms with E-state index in [0.717, 1.165) is 19.3 Å². The van der Waals surface area contributed by atoms with E-state index in [9.17, 15) is 31.1 Å². The van der Waals surface area contributed by atoms with E-state index in [2.05, 4.69) is 6.92 Å². The van der Waals surface area contributed by atoms with Gasteiger partial charge >= 0.3 is 23.7 Å². The maximum absolute atomic E-state index is 13.3. The third-order valence-electron chi connectivity index (χ3n) is 3.81. The second-order valence-electron chi connectivity index (χ2n) is 6.08. The van der Waals surface area contributed by atoms with Crippen LogP contribution in [0.5, 0.6) is 0 Å². The highest BCUT2D eigenvalue weighted by molar-refractivity contribution is 5.77.